The lowest BCUT2D eigenvalue weighted by molar-refractivity contribution is 0.00578. The molecule has 3 heteroatoms. The van der Waals surface area contributed by atoms with Gasteiger partial charge in [-0.05, 0) is 51.1 Å². The van der Waals surface area contributed by atoms with Gasteiger partial charge in [0, 0.05) is 0 Å². The topological polar surface area (TPSA) is 18.5 Å². The van der Waals surface area contributed by atoms with Crippen LogP contribution in [0.5, 0.6) is 0 Å². The maximum Gasteiger partial charge on any atom is 0.494 e. The summed E-state index contributed by atoms with van der Waals surface area (Å²) < 4.78 is 12.3. The molecule has 0 N–H and O–H groups in total. The molecule has 1 aliphatic heterocycles. The van der Waals surface area contributed by atoms with E-state index in [1.54, 1.807) is 0 Å². The molecule has 0 atom stereocenters. The Morgan fingerprint density at radius 1 is 1.00 bits per heavy atom. The highest BCUT2D eigenvalue weighted by molar-refractivity contribution is 6.62. The van der Waals surface area contributed by atoms with Crippen molar-refractivity contribution in [3.63, 3.8) is 0 Å². The lowest BCUT2D eigenvalue weighted by atomic mass is 9.77. The highest BCUT2D eigenvalue weighted by atomic mass is 16.7. The molecular formula is C19H29BO2. The van der Waals surface area contributed by atoms with Crippen LogP contribution < -0.4 is 5.46 Å². The van der Waals surface area contributed by atoms with Crippen LogP contribution >= 0.6 is 0 Å². The zero-order valence-electron chi connectivity index (χ0n) is 14.5. The molecular weight excluding hydrogens is 271 g/mol. The quantitative estimate of drug-likeness (QED) is 0.782. The average molecular weight is 300 g/mol. The minimum absolute atomic E-state index is 0.240. The van der Waals surface area contributed by atoms with Gasteiger partial charge in [0.1, 0.15) is 0 Å². The zero-order valence-corrected chi connectivity index (χ0v) is 14.5. The lowest BCUT2D eigenvalue weighted by Crippen LogP contribution is -2.41. The van der Waals surface area contributed by atoms with Crippen LogP contribution in [-0.2, 0) is 15.7 Å². The first kappa shape index (κ1) is 16.1. The third-order valence-electron chi connectivity index (χ3n) is 5.73. The van der Waals surface area contributed by atoms with E-state index in [-0.39, 0.29) is 18.3 Å². The fraction of sp³-hybridized carbons (Fsp3) is 0.684. The van der Waals surface area contributed by atoms with Crippen LogP contribution in [-0.4, -0.2) is 18.3 Å². The van der Waals surface area contributed by atoms with Crippen molar-refractivity contribution in [3.8, 4) is 0 Å². The van der Waals surface area contributed by atoms with E-state index in [2.05, 4.69) is 52.0 Å². The molecule has 0 aromatic heterocycles. The van der Waals surface area contributed by atoms with Crippen LogP contribution in [0.15, 0.2) is 24.3 Å². The number of hydrogen-bond donors (Lipinski definition) is 0. The Hall–Kier alpha value is -0.795. The third-order valence-corrected chi connectivity index (χ3v) is 5.73. The van der Waals surface area contributed by atoms with E-state index in [9.17, 15) is 0 Å². The van der Waals surface area contributed by atoms with Gasteiger partial charge in [-0.3, -0.25) is 0 Å². The summed E-state index contributed by atoms with van der Waals surface area (Å²) in [6.07, 6.45) is 8.21. The molecule has 22 heavy (non-hydrogen) atoms. The molecule has 2 aliphatic rings. The van der Waals surface area contributed by atoms with Gasteiger partial charge in [0.25, 0.3) is 0 Å². The number of hydrogen-bond acceptors (Lipinski definition) is 2. The summed E-state index contributed by atoms with van der Waals surface area (Å²) >= 11 is 0. The van der Waals surface area contributed by atoms with E-state index in [1.807, 2.05) is 0 Å². The highest BCUT2D eigenvalue weighted by Gasteiger charge is 2.51. The fourth-order valence-corrected chi connectivity index (χ4v) is 3.57. The minimum atomic E-state index is -0.267. The molecule has 2 fully saturated rings. The summed E-state index contributed by atoms with van der Waals surface area (Å²) in [6, 6.07) is 8.82. The fourth-order valence-electron chi connectivity index (χ4n) is 3.57. The van der Waals surface area contributed by atoms with Gasteiger partial charge in [-0.1, -0.05) is 56.4 Å². The second-order valence-electron chi connectivity index (χ2n) is 8.04. The molecule has 2 nitrogen and oxygen atoms in total. The van der Waals surface area contributed by atoms with Crippen LogP contribution in [0.3, 0.4) is 0 Å². The Kier molecular flexibility index (Phi) is 4.39. The van der Waals surface area contributed by atoms with E-state index in [0.29, 0.717) is 0 Å². The van der Waals surface area contributed by atoms with Crippen molar-refractivity contribution in [1.82, 2.24) is 0 Å². The maximum atomic E-state index is 6.17. The van der Waals surface area contributed by atoms with Crippen LogP contribution in [0.2, 0.25) is 0 Å². The molecule has 0 bridgehead atoms. The predicted octanol–water partition coefficient (Wildman–Crippen LogP) is 4.11. The van der Waals surface area contributed by atoms with Gasteiger partial charge in [-0.15, -0.1) is 0 Å². The summed E-state index contributed by atoms with van der Waals surface area (Å²) in [5.74, 6) is 0.863. The second-order valence-corrected chi connectivity index (χ2v) is 8.04. The van der Waals surface area contributed by atoms with Gasteiger partial charge in [-0.2, -0.15) is 0 Å². The Labute approximate surface area is 135 Å². The highest BCUT2D eigenvalue weighted by Crippen LogP contribution is 2.36. The first-order valence-corrected chi connectivity index (χ1v) is 8.82. The summed E-state index contributed by atoms with van der Waals surface area (Å²) in [4.78, 5) is 0. The van der Waals surface area contributed by atoms with Crippen LogP contribution in [0.4, 0.5) is 0 Å². The van der Waals surface area contributed by atoms with Crippen molar-refractivity contribution in [3.05, 3.63) is 29.8 Å². The molecule has 120 valence electrons. The molecule has 1 saturated carbocycles. The van der Waals surface area contributed by atoms with E-state index >= 15 is 0 Å². The Balaban J connectivity index is 1.72. The summed E-state index contributed by atoms with van der Waals surface area (Å²) in [7, 11) is -0.240. The van der Waals surface area contributed by atoms with Gasteiger partial charge in [0.2, 0.25) is 0 Å². The van der Waals surface area contributed by atoms with Gasteiger partial charge in [0.15, 0.2) is 0 Å². The SMILES string of the molecule is CC1(C)OB(c2cccc(CC3CCCCC3)c2)OC1(C)C. The number of benzene rings is 1. The monoisotopic (exact) mass is 300 g/mol. The Morgan fingerprint density at radius 2 is 1.64 bits per heavy atom. The number of rotatable bonds is 3. The van der Waals surface area contributed by atoms with Crippen LogP contribution in [0.1, 0.15) is 65.4 Å². The van der Waals surface area contributed by atoms with Crippen molar-refractivity contribution < 1.29 is 9.31 Å². The standard InChI is InChI=1S/C19H29BO2/c1-18(2)19(3,4)22-20(21-18)17-12-8-11-16(14-17)13-15-9-6-5-7-10-15/h8,11-12,14-15H,5-7,9-10,13H2,1-4H3. The largest absolute Gasteiger partial charge is 0.494 e. The molecule has 0 amide bonds. The van der Waals surface area contributed by atoms with Crippen molar-refractivity contribution in [2.24, 2.45) is 5.92 Å². The van der Waals surface area contributed by atoms with E-state index in [1.165, 1.54) is 44.1 Å². The smallest absolute Gasteiger partial charge is 0.399 e. The second kappa shape index (κ2) is 6.01. The van der Waals surface area contributed by atoms with E-state index in [4.69, 9.17) is 9.31 Å². The molecule has 1 aromatic carbocycles. The Morgan fingerprint density at radius 3 is 2.27 bits per heavy atom. The predicted molar refractivity (Wildman–Crippen MR) is 92.4 cm³/mol. The lowest BCUT2D eigenvalue weighted by Gasteiger charge is -2.32. The Bertz CT molecular complexity index is 502. The molecule has 1 heterocycles. The first-order valence-electron chi connectivity index (χ1n) is 8.82. The van der Waals surface area contributed by atoms with Crippen molar-refractivity contribution in [2.45, 2.75) is 77.4 Å². The van der Waals surface area contributed by atoms with E-state index < -0.39 is 0 Å². The molecule has 1 aliphatic carbocycles. The molecule has 3 rings (SSSR count). The molecule has 1 saturated heterocycles. The minimum Gasteiger partial charge on any atom is -0.399 e. The molecule has 0 radical (unpaired) electrons. The van der Waals surface area contributed by atoms with Gasteiger partial charge in [-0.25, -0.2) is 0 Å². The zero-order chi connectivity index (χ0) is 15.8. The van der Waals surface area contributed by atoms with Crippen LogP contribution in [0.25, 0.3) is 0 Å². The van der Waals surface area contributed by atoms with E-state index in [0.717, 1.165) is 11.4 Å². The molecule has 1 aromatic rings. The average Bonchev–Trinajstić information content (AvgIpc) is 2.69. The normalized spacial score (nSPS) is 24.6. The van der Waals surface area contributed by atoms with Gasteiger partial charge >= 0.3 is 7.12 Å². The van der Waals surface area contributed by atoms with Crippen molar-refractivity contribution in [1.29, 1.82) is 0 Å². The van der Waals surface area contributed by atoms with Crippen molar-refractivity contribution in [2.75, 3.05) is 0 Å². The van der Waals surface area contributed by atoms with Gasteiger partial charge in [0.05, 0.1) is 11.2 Å². The summed E-state index contributed by atoms with van der Waals surface area (Å²) in [5, 5.41) is 0. The molecule has 0 spiro atoms. The van der Waals surface area contributed by atoms with Crippen molar-refractivity contribution >= 4 is 12.6 Å². The maximum absolute atomic E-state index is 6.17. The summed E-state index contributed by atoms with van der Waals surface area (Å²) in [6.45, 7) is 8.44. The first-order chi connectivity index (χ1) is 10.4. The molecule has 0 unspecified atom stereocenters. The summed E-state index contributed by atoms with van der Waals surface area (Å²) in [5.41, 5.74) is 2.06. The van der Waals surface area contributed by atoms with Gasteiger partial charge < -0.3 is 9.31 Å². The van der Waals surface area contributed by atoms with Crippen LogP contribution in [0, 0.1) is 5.92 Å². The third kappa shape index (κ3) is 3.26.